The highest BCUT2D eigenvalue weighted by atomic mass is 16.2. The molecule has 0 aliphatic rings. The Balaban J connectivity index is 1.61. The van der Waals surface area contributed by atoms with Crippen molar-refractivity contribution in [2.24, 2.45) is 0 Å². The maximum absolute atomic E-state index is 12.5. The third kappa shape index (κ3) is 4.61. The molecule has 0 atom stereocenters. The fourth-order valence-corrected chi connectivity index (χ4v) is 2.89. The molecule has 0 spiro atoms. The topological polar surface area (TPSA) is 49.4 Å². The summed E-state index contributed by atoms with van der Waals surface area (Å²) in [6.07, 6.45) is 0.770. The molecule has 27 heavy (non-hydrogen) atoms. The van der Waals surface area contributed by atoms with Crippen LogP contribution in [0.3, 0.4) is 0 Å². The summed E-state index contributed by atoms with van der Waals surface area (Å²) in [6, 6.07) is 25.0. The van der Waals surface area contributed by atoms with Gasteiger partial charge in [-0.25, -0.2) is 0 Å². The van der Waals surface area contributed by atoms with Crippen LogP contribution in [-0.4, -0.2) is 37.2 Å². The highest BCUT2D eigenvalue weighted by Gasteiger charge is 2.11. The van der Waals surface area contributed by atoms with E-state index in [1.54, 1.807) is 36.2 Å². The molecule has 4 heteroatoms. The van der Waals surface area contributed by atoms with Crippen LogP contribution in [0.25, 0.3) is 11.1 Å². The van der Waals surface area contributed by atoms with Gasteiger partial charge < -0.3 is 10.2 Å². The Morgan fingerprint density at radius 2 is 1.59 bits per heavy atom. The number of nitrogens with zero attached hydrogens (tertiary/aromatic N) is 1. The number of para-hydroxylation sites is 1. The second-order valence-corrected chi connectivity index (χ2v) is 6.30. The van der Waals surface area contributed by atoms with E-state index in [-0.39, 0.29) is 5.91 Å². The van der Waals surface area contributed by atoms with Crippen molar-refractivity contribution < 1.29 is 9.59 Å². The van der Waals surface area contributed by atoms with Crippen molar-refractivity contribution in [3.8, 4) is 11.1 Å². The van der Waals surface area contributed by atoms with E-state index in [9.17, 15) is 9.59 Å². The molecule has 0 unspecified atom stereocenters. The van der Waals surface area contributed by atoms with Crippen LogP contribution < -0.4 is 5.32 Å². The standard InChI is InChI=1S/C23H22N2O2/c1-25(23(27)20-13-11-18(17-26)12-14-20)16-15-24-22-10-6-5-9-21(22)19-7-3-2-4-8-19/h2-14,17,24H,15-16H2,1H3. The molecule has 1 N–H and O–H groups in total. The Kier molecular flexibility index (Phi) is 6.00. The first-order chi connectivity index (χ1) is 13.2. The fourth-order valence-electron chi connectivity index (χ4n) is 2.89. The smallest absolute Gasteiger partial charge is 0.253 e. The van der Waals surface area contributed by atoms with Gasteiger partial charge in [0.15, 0.2) is 0 Å². The predicted molar refractivity (Wildman–Crippen MR) is 109 cm³/mol. The first kappa shape index (κ1) is 18.4. The summed E-state index contributed by atoms with van der Waals surface area (Å²) in [5, 5.41) is 3.43. The lowest BCUT2D eigenvalue weighted by Crippen LogP contribution is -2.31. The van der Waals surface area contributed by atoms with Crippen LogP contribution in [0.4, 0.5) is 5.69 Å². The summed E-state index contributed by atoms with van der Waals surface area (Å²) in [7, 11) is 1.78. The second-order valence-electron chi connectivity index (χ2n) is 6.30. The number of carbonyl (C=O) groups excluding carboxylic acids is 2. The molecule has 0 radical (unpaired) electrons. The molecule has 3 aromatic carbocycles. The predicted octanol–water partition coefficient (Wildman–Crippen LogP) is 4.35. The minimum absolute atomic E-state index is 0.0643. The zero-order valence-electron chi connectivity index (χ0n) is 15.3. The summed E-state index contributed by atoms with van der Waals surface area (Å²) in [5.41, 5.74) is 4.47. The molecule has 0 saturated carbocycles. The van der Waals surface area contributed by atoms with E-state index in [1.807, 2.05) is 36.4 Å². The van der Waals surface area contributed by atoms with E-state index in [0.29, 0.717) is 24.2 Å². The molecule has 0 aromatic heterocycles. The molecular weight excluding hydrogens is 336 g/mol. The largest absolute Gasteiger partial charge is 0.383 e. The monoisotopic (exact) mass is 358 g/mol. The van der Waals surface area contributed by atoms with Crippen LogP contribution in [0.2, 0.25) is 0 Å². The number of hydrogen-bond donors (Lipinski definition) is 1. The minimum atomic E-state index is -0.0643. The van der Waals surface area contributed by atoms with Crippen molar-refractivity contribution in [1.82, 2.24) is 4.90 Å². The molecule has 3 rings (SSSR count). The number of aldehydes is 1. The van der Waals surface area contributed by atoms with Crippen LogP contribution >= 0.6 is 0 Å². The summed E-state index contributed by atoms with van der Waals surface area (Å²) < 4.78 is 0. The minimum Gasteiger partial charge on any atom is -0.383 e. The van der Waals surface area contributed by atoms with E-state index in [2.05, 4.69) is 23.5 Å². The van der Waals surface area contributed by atoms with Gasteiger partial charge in [0, 0.05) is 42.5 Å². The molecule has 0 fully saturated rings. The molecule has 3 aromatic rings. The average molecular weight is 358 g/mol. The van der Waals surface area contributed by atoms with Crippen molar-refractivity contribution in [2.75, 3.05) is 25.5 Å². The third-order valence-corrected chi connectivity index (χ3v) is 4.41. The molecule has 1 amide bonds. The van der Waals surface area contributed by atoms with Crippen molar-refractivity contribution in [3.05, 3.63) is 90.0 Å². The average Bonchev–Trinajstić information content (AvgIpc) is 2.74. The molecule has 0 aliphatic carbocycles. The van der Waals surface area contributed by atoms with E-state index >= 15 is 0 Å². The van der Waals surface area contributed by atoms with E-state index < -0.39 is 0 Å². The Morgan fingerprint density at radius 3 is 2.30 bits per heavy atom. The van der Waals surface area contributed by atoms with Gasteiger partial charge in [0.25, 0.3) is 5.91 Å². The summed E-state index contributed by atoms with van der Waals surface area (Å²) in [4.78, 5) is 24.9. The number of carbonyl (C=O) groups is 2. The van der Waals surface area contributed by atoms with Gasteiger partial charge in [0.1, 0.15) is 6.29 Å². The van der Waals surface area contributed by atoms with Gasteiger partial charge in [-0.3, -0.25) is 9.59 Å². The Labute approximate surface area is 159 Å². The van der Waals surface area contributed by atoms with Crippen LogP contribution in [0.1, 0.15) is 20.7 Å². The molecular formula is C23H22N2O2. The first-order valence-corrected chi connectivity index (χ1v) is 8.88. The number of nitrogens with one attached hydrogen (secondary N) is 1. The normalized spacial score (nSPS) is 10.3. The van der Waals surface area contributed by atoms with Crippen molar-refractivity contribution in [1.29, 1.82) is 0 Å². The van der Waals surface area contributed by atoms with Gasteiger partial charge in [-0.2, -0.15) is 0 Å². The third-order valence-electron chi connectivity index (χ3n) is 4.41. The van der Waals surface area contributed by atoms with E-state index in [1.165, 1.54) is 0 Å². The molecule has 136 valence electrons. The number of amides is 1. The summed E-state index contributed by atoms with van der Waals surface area (Å²) >= 11 is 0. The van der Waals surface area contributed by atoms with Crippen LogP contribution in [-0.2, 0) is 0 Å². The van der Waals surface area contributed by atoms with Crippen LogP contribution in [0.5, 0.6) is 0 Å². The van der Waals surface area contributed by atoms with Crippen molar-refractivity contribution in [3.63, 3.8) is 0 Å². The SMILES string of the molecule is CN(CCNc1ccccc1-c1ccccc1)C(=O)c1ccc(C=O)cc1. The maximum Gasteiger partial charge on any atom is 0.253 e. The molecule has 0 bridgehead atoms. The van der Waals surface area contributed by atoms with Crippen molar-refractivity contribution in [2.45, 2.75) is 0 Å². The lowest BCUT2D eigenvalue weighted by atomic mass is 10.0. The maximum atomic E-state index is 12.5. The highest BCUT2D eigenvalue weighted by Crippen LogP contribution is 2.27. The van der Waals surface area contributed by atoms with Crippen LogP contribution in [0.15, 0.2) is 78.9 Å². The van der Waals surface area contributed by atoms with Gasteiger partial charge in [0.05, 0.1) is 0 Å². The number of likely N-dealkylation sites (N-methyl/N-ethyl adjacent to an activating group) is 1. The number of anilines is 1. The molecule has 0 heterocycles. The molecule has 0 saturated heterocycles. The van der Waals surface area contributed by atoms with E-state index in [4.69, 9.17) is 0 Å². The number of hydrogen-bond acceptors (Lipinski definition) is 3. The zero-order chi connectivity index (χ0) is 19.1. The lowest BCUT2D eigenvalue weighted by molar-refractivity contribution is 0.0800. The van der Waals surface area contributed by atoms with E-state index in [0.717, 1.165) is 23.1 Å². The van der Waals surface area contributed by atoms with Crippen molar-refractivity contribution >= 4 is 17.9 Å². The molecule has 4 nitrogen and oxygen atoms in total. The van der Waals surface area contributed by atoms with Gasteiger partial charge >= 0.3 is 0 Å². The summed E-state index contributed by atoms with van der Waals surface area (Å²) in [6.45, 7) is 1.20. The van der Waals surface area contributed by atoms with Gasteiger partial charge in [-0.05, 0) is 23.8 Å². The number of rotatable bonds is 7. The quantitative estimate of drug-likeness (QED) is 0.639. The van der Waals surface area contributed by atoms with Crippen LogP contribution in [0, 0.1) is 0 Å². The highest BCUT2D eigenvalue weighted by molar-refractivity contribution is 5.94. The van der Waals surface area contributed by atoms with Gasteiger partial charge in [0.2, 0.25) is 0 Å². The molecule has 0 aliphatic heterocycles. The Bertz CT molecular complexity index is 905. The summed E-state index contributed by atoms with van der Waals surface area (Å²) in [5.74, 6) is -0.0643. The Morgan fingerprint density at radius 1 is 0.926 bits per heavy atom. The second kappa shape index (κ2) is 8.81. The zero-order valence-corrected chi connectivity index (χ0v) is 15.3. The lowest BCUT2D eigenvalue weighted by Gasteiger charge is -2.19. The fraction of sp³-hybridized carbons (Fsp3) is 0.130. The van der Waals surface area contributed by atoms with Gasteiger partial charge in [-0.15, -0.1) is 0 Å². The van der Waals surface area contributed by atoms with Gasteiger partial charge in [-0.1, -0.05) is 60.7 Å². The first-order valence-electron chi connectivity index (χ1n) is 8.88. The Hall–Kier alpha value is -3.40. The number of benzene rings is 3.